The number of aromatic nitrogens is 2. The molecule has 0 spiro atoms. The molecule has 1 aliphatic rings. The average Bonchev–Trinajstić information content (AvgIpc) is 2.72. The Bertz CT molecular complexity index is 997. The molecule has 1 saturated heterocycles. The lowest BCUT2D eigenvalue weighted by atomic mass is 9.89. The molecule has 1 fully saturated rings. The summed E-state index contributed by atoms with van der Waals surface area (Å²) in [4.78, 5) is 21.7. The van der Waals surface area contributed by atoms with Crippen LogP contribution in [0.5, 0.6) is 0 Å². The van der Waals surface area contributed by atoms with Gasteiger partial charge in [0.05, 0.1) is 0 Å². The molecule has 0 bridgehead atoms. The normalized spacial score (nSPS) is 15.3. The van der Waals surface area contributed by atoms with Crippen LogP contribution in [0.15, 0.2) is 30.5 Å². The molecule has 0 saturated carbocycles. The number of terminal acetylenes is 1. The molecule has 5 nitrogen and oxygen atoms in total. The maximum atomic E-state index is 13.0. The quantitative estimate of drug-likeness (QED) is 0.611. The summed E-state index contributed by atoms with van der Waals surface area (Å²) in [5.41, 5.74) is 0.0761. The highest BCUT2D eigenvalue weighted by Crippen LogP contribution is 2.31. The van der Waals surface area contributed by atoms with Crippen LogP contribution in [0.4, 0.5) is 18.0 Å². The highest BCUT2D eigenvalue weighted by molar-refractivity contribution is 5.68. The van der Waals surface area contributed by atoms with E-state index < -0.39 is 23.0 Å². The van der Waals surface area contributed by atoms with Crippen LogP contribution < -0.4 is 0 Å². The molecule has 1 aliphatic heterocycles. The highest BCUT2D eigenvalue weighted by atomic mass is 19.4. The molecule has 1 aromatic heterocycles. The van der Waals surface area contributed by atoms with Gasteiger partial charge >= 0.3 is 12.3 Å². The van der Waals surface area contributed by atoms with Gasteiger partial charge in [0.15, 0.2) is 0 Å². The van der Waals surface area contributed by atoms with Gasteiger partial charge in [-0.1, -0.05) is 24.3 Å². The molecule has 3 rings (SSSR count). The van der Waals surface area contributed by atoms with Crippen LogP contribution in [0.3, 0.4) is 0 Å². The number of carbonyl (C=O) groups is 1. The summed E-state index contributed by atoms with van der Waals surface area (Å²) in [6.07, 6.45) is 3.03. The maximum Gasteiger partial charge on any atom is 0.420 e. The van der Waals surface area contributed by atoms with Gasteiger partial charge in [0.25, 0.3) is 0 Å². The third-order valence-electron chi connectivity index (χ3n) is 5.24. The Balaban J connectivity index is 1.61. The van der Waals surface area contributed by atoms with E-state index in [-0.39, 0.29) is 18.3 Å². The molecular weight excluding hydrogens is 419 g/mol. The van der Waals surface area contributed by atoms with Crippen molar-refractivity contribution in [2.24, 2.45) is 0 Å². The first-order chi connectivity index (χ1) is 15.0. The Morgan fingerprint density at radius 2 is 1.81 bits per heavy atom. The van der Waals surface area contributed by atoms with Gasteiger partial charge in [-0.2, -0.15) is 13.2 Å². The van der Waals surface area contributed by atoms with Crippen molar-refractivity contribution >= 4 is 6.09 Å². The molecule has 8 heteroatoms. The number of rotatable bonds is 3. The van der Waals surface area contributed by atoms with Crippen molar-refractivity contribution in [3.63, 3.8) is 0 Å². The third kappa shape index (κ3) is 6.00. The molecule has 1 amide bonds. The van der Waals surface area contributed by atoms with Gasteiger partial charge in [0, 0.05) is 25.7 Å². The zero-order chi connectivity index (χ0) is 23.5. The van der Waals surface area contributed by atoms with Crippen LogP contribution >= 0.6 is 0 Å². The first-order valence-electron chi connectivity index (χ1n) is 10.4. The molecule has 0 atom stereocenters. The number of ether oxygens (including phenoxy) is 1. The van der Waals surface area contributed by atoms with Crippen molar-refractivity contribution in [3.05, 3.63) is 58.7 Å². The van der Waals surface area contributed by atoms with Crippen molar-refractivity contribution in [3.8, 4) is 12.3 Å². The van der Waals surface area contributed by atoms with E-state index in [1.807, 2.05) is 51.0 Å². The minimum atomic E-state index is -4.58. The fourth-order valence-corrected chi connectivity index (χ4v) is 3.63. The average molecular weight is 445 g/mol. The zero-order valence-corrected chi connectivity index (χ0v) is 18.4. The number of benzene rings is 1. The second kappa shape index (κ2) is 9.19. The fraction of sp³-hybridized carbons (Fsp3) is 0.458. The van der Waals surface area contributed by atoms with E-state index in [2.05, 4.69) is 9.97 Å². The minimum absolute atomic E-state index is 0.240. The predicted molar refractivity (Wildman–Crippen MR) is 114 cm³/mol. The summed E-state index contributed by atoms with van der Waals surface area (Å²) in [6.45, 7) is 6.82. The molecule has 2 aromatic rings. The molecule has 1 aromatic carbocycles. The van der Waals surface area contributed by atoms with E-state index in [1.54, 1.807) is 4.90 Å². The first kappa shape index (κ1) is 23.6. The summed E-state index contributed by atoms with van der Waals surface area (Å²) in [7, 11) is 0. The number of hydrogen-bond acceptors (Lipinski definition) is 4. The van der Waals surface area contributed by atoms with Crippen LogP contribution in [0, 0.1) is 12.3 Å². The van der Waals surface area contributed by atoms with Crippen LogP contribution in [-0.2, 0) is 17.3 Å². The van der Waals surface area contributed by atoms with Gasteiger partial charge in [0.1, 0.15) is 22.7 Å². The van der Waals surface area contributed by atoms with Crippen molar-refractivity contribution in [1.82, 2.24) is 14.9 Å². The highest BCUT2D eigenvalue weighted by Gasteiger charge is 2.34. The molecule has 32 heavy (non-hydrogen) atoms. The molecule has 2 heterocycles. The van der Waals surface area contributed by atoms with E-state index in [0.717, 1.165) is 30.2 Å². The lowest BCUT2D eigenvalue weighted by Crippen LogP contribution is -2.41. The Morgan fingerprint density at radius 1 is 1.19 bits per heavy atom. The van der Waals surface area contributed by atoms with E-state index in [4.69, 9.17) is 11.2 Å². The summed E-state index contributed by atoms with van der Waals surface area (Å²) in [5.74, 6) is 2.57. The second-order valence-corrected chi connectivity index (χ2v) is 8.85. The van der Waals surface area contributed by atoms with Crippen LogP contribution in [0.25, 0.3) is 0 Å². The van der Waals surface area contributed by atoms with E-state index in [1.165, 1.54) is 0 Å². The standard InChI is InChI=1S/C24H26F3N3O2/c1-5-20-19(24(25,26)27)15-28-21(29-20)14-16-6-8-17(9-7-16)18-10-12-30(13-11-18)22(31)32-23(2,3)4/h1,6-9,15,18H,10-14H2,2-4H3. The lowest BCUT2D eigenvalue weighted by Gasteiger charge is -2.33. The molecule has 0 aliphatic carbocycles. The van der Waals surface area contributed by atoms with Gasteiger partial charge in [-0.15, -0.1) is 6.42 Å². The maximum absolute atomic E-state index is 13.0. The zero-order valence-electron chi connectivity index (χ0n) is 18.4. The van der Waals surface area contributed by atoms with Gasteiger partial charge in [-0.3, -0.25) is 0 Å². The Morgan fingerprint density at radius 3 is 2.34 bits per heavy atom. The fourth-order valence-electron chi connectivity index (χ4n) is 3.63. The van der Waals surface area contributed by atoms with Crippen molar-refractivity contribution in [2.45, 2.75) is 57.7 Å². The Kier molecular flexibility index (Phi) is 6.77. The van der Waals surface area contributed by atoms with Crippen LogP contribution in [-0.4, -0.2) is 39.7 Å². The number of piperidine rings is 1. The van der Waals surface area contributed by atoms with Crippen molar-refractivity contribution < 1.29 is 22.7 Å². The molecule has 0 unspecified atom stereocenters. The summed E-state index contributed by atoms with van der Waals surface area (Å²) < 4.78 is 44.3. The number of hydrogen-bond donors (Lipinski definition) is 0. The topological polar surface area (TPSA) is 55.3 Å². The third-order valence-corrected chi connectivity index (χ3v) is 5.24. The smallest absolute Gasteiger partial charge is 0.420 e. The molecule has 0 N–H and O–H groups in total. The summed E-state index contributed by atoms with van der Waals surface area (Å²) in [6, 6.07) is 7.86. The molecule has 0 radical (unpaired) electrons. The summed E-state index contributed by atoms with van der Waals surface area (Å²) in [5, 5.41) is 0. The largest absolute Gasteiger partial charge is 0.444 e. The number of likely N-dealkylation sites (tertiary alicyclic amines) is 1. The summed E-state index contributed by atoms with van der Waals surface area (Å²) >= 11 is 0. The van der Waals surface area contributed by atoms with E-state index in [9.17, 15) is 18.0 Å². The Labute approximate surface area is 186 Å². The molecule has 170 valence electrons. The molecular formula is C24H26F3N3O2. The van der Waals surface area contributed by atoms with E-state index in [0.29, 0.717) is 19.0 Å². The predicted octanol–water partition coefficient (Wildman–Crippen LogP) is 5.18. The number of nitrogens with zero attached hydrogens (tertiary/aromatic N) is 3. The van der Waals surface area contributed by atoms with Gasteiger partial charge < -0.3 is 9.64 Å². The van der Waals surface area contributed by atoms with Crippen LogP contribution in [0.1, 0.15) is 67.7 Å². The van der Waals surface area contributed by atoms with Gasteiger partial charge in [0.2, 0.25) is 0 Å². The van der Waals surface area contributed by atoms with Crippen molar-refractivity contribution in [1.29, 1.82) is 0 Å². The second-order valence-electron chi connectivity index (χ2n) is 8.85. The minimum Gasteiger partial charge on any atom is -0.444 e. The Hall–Kier alpha value is -3.08. The van der Waals surface area contributed by atoms with Crippen LogP contribution in [0.2, 0.25) is 0 Å². The number of alkyl halides is 3. The monoisotopic (exact) mass is 445 g/mol. The van der Waals surface area contributed by atoms with Gasteiger partial charge in [-0.05, 0) is 56.6 Å². The van der Waals surface area contributed by atoms with Gasteiger partial charge in [-0.25, -0.2) is 14.8 Å². The van der Waals surface area contributed by atoms with Crippen molar-refractivity contribution in [2.75, 3.05) is 13.1 Å². The number of halogens is 3. The van der Waals surface area contributed by atoms with E-state index >= 15 is 0 Å². The number of carbonyl (C=O) groups excluding carboxylic acids is 1. The SMILES string of the molecule is C#Cc1nc(Cc2ccc(C3CCN(C(=O)OC(C)(C)C)CC3)cc2)ncc1C(F)(F)F. The number of amides is 1. The lowest BCUT2D eigenvalue weighted by molar-refractivity contribution is -0.138. The first-order valence-corrected chi connectivity index (χ1v) is 10.4.